The lowest BCUT2D eigenvalue weighted by atomic mass is 9.70. The lowest BCUT2D eigenvalue weighted by molar-refractivity contribution is -0.114. The van der Waals surface area contributed by atoms with Gasteiger partial charge in [0.25, 0.3) is 0 Å². The fourth-order valence-electron chi connectivity index (χ4n) is 3.48. The Labute approximate surface area is 156 Å². The van der Waals surface area contributed by atoms with E-state index in [9.17, 15) is 19.6 Å². The molecule has 0 saturated heterocycles. The molecule has 6 nitrogen and oxygen atoms in total. The van der Waals surface area contributed by atoms with Crippen molar-refractivity contribution in [3.63, 3.8) is 0 Å². The number of hydrogen-bond donors (Lipinski definition) is 1. The van der Waals surface area contributed by atoms with Crippen LogP contribution in [0.3, 0.4) is 0 Å². The minimum absolute atomic E-state index is 0.209. The largest absolute Gasteiger partial charge is 0.462 e. The van der Waals surface area contributed by atoms with Gasteiger partial charge in [0.15, 0.2) is 5.78 Å². The Morgan fingerprint density at radius 3 is 2.73 bits per heavy atom. The fraction of sp³-hybridized carbons (Fsp3) is 0.579. The number of thiophene rings is 1. The fourth-order valence-corrected chi connectivity index (χ4v) is 4.80. The Morgan fingerprint density at radius 1 is 1.42 bits per heavy atom. The molecule has 1 saturated carbocycles. The predicted octanol–water partition coefficient (Wildman–Crippen LogP) is 3.71. The molecule has 0 aliphatic heterocycles. The van der Waals surface area contributed by atoms with E-state index in [0.29, 0.717) is 40.6 Å². The normalized spacial score (nSPS) is 21.7. The third-order valence-electron chi connectivity index (χ3n) is 5.11. The summed E-state index contributed by atoms with van der Waals surface area (Å²) in [5, 5.41) is 12.7. The Kier molecular flexibility index (Phi) is 5.15. The van der Waals surface area contributed by atoms with Crippen molar-refractivity contribution in [3.8, 4) is 6.07 Å². The van der Waals surface area contributed by atoms with Crippen molar-refractivity contribution in [2.45, 2.75) is 52.4 Å². The summed E-state index contributed by atoms with van der Waals surface area (Å²) >= 11 is 1.09. The first-order valence-electron chi connectivity index (χ1n) is 8.98. The number of nitrogens with zero attached hydrogens (tertiary/aromatic N) is 1. The molecule has 1 unspecified atom stereocenters. The molecule has 1 fully saturated rings. The van der Waals surface area contributed by atoms with Crippen molar-refractivity contribution in [1.29, 1.82) is 5.26 Å². The Morgan fingerprint density at radius 2 is 2.15 bits per heavy atom. The van der Waals surface area contributed by atoms with Crippen LogP contribution in [0.2, 0.25) is 0 Å². The van der Waals surface area contributed by atoms with E-state index in [1.807, 2.05) is 0 Å². The second-order valence-corrected chi connectivity index (χ2v) is 8.04. The van der Waals surface area contributed by atoms with Crippen LogP contribution in [0.15, 0.2) is 0 Å². The SMILES string of the molecule is CCOC(=O)c1c(NC(C)=O)sc2c1CCC(C#N)(CCC1CC1)C2=O. The molecule has 0 spiro atoms. The molecule has 1 N–H and O–H groups in total. The predicted molar refractivity (Wildman–Crippen MR) is 97.2 cm³/mol. The van der Waals surface area contributed by atoms with Crippen LogP contribution in [-0.4, -0.2) is 24.3 Å². The molecule has 1 aromatic heterocycles. The highest BCUT2D eigenvalue weighted by Crippen LogP contribution is 2.47. The van der Waals surface area contributed by atoms with E-state index >= 15 is 0 Å². The van der Waals surface area contributed by atoms with Crippen LogP contribution in [0.25, 0.3) is 0 Å². The van der Waals surface area contributed by atoms with Gasteiger partial charge in [-0.05, 0) is 44.1 Å². The molecule has 1 heterocycles. The average molecular weight is 374 g/mol. The second-order valence-electron chi connectivity index (χ2n) is 7.02. The number of nitriles is 1. The van der Waals surface area contributed by atoms with Gasteiger partial charge in [-0.15, -0.1) is 11.3 Å². The van der Waals surface area contributed by atoms with Crippen LogP contribution in [-0.2, 0) is 16.0 Å². The third-order valence-corrected chi connectivity index (χ3v) is 6.26. The van der Waals surface area contributed by atoms with E-state index < -0.39 is 11.4 Å². The summed E-state index contributed by atoms with van der Waals surface area (Å²) in [4.78, 5) is 37.5. The van der Waals surface area contributed by atoms with Crippen molar-refractivity contribution in [2.75, 3.05) is 11.9 Å². The lowest BCUT2D eigenvalue weighted by Gasteiger charge is -2.29. The number of Topliss-reactive ketones (excluding diaryl/α,β-unsaturated/α-hetero) is 1. The highest BCUT2D eigenvalue weighted by Gasteiger charge is 2.46. The first kappa shape index (κ1) is 18.6. The second kappa shape index (κ2) is 7.20. The molecular weight excluding hydrogens is 352 g/mol. The molecule has 0 radical (unpaired) electrons. The van der Waals surface area contributed by atoms with Crippen LogP contribution in [0.5, 0.6) is 0 Å². The molecule has 7 heteroatoms. The van der Waals surface area contributed by atoms with Gasteiger partial charge in [-0.3, -0.25) is 9.59 Å². The summed E-state index contributed by atoms with van der Waals surface area (Å²) in [5.41, 5.74) is -0.136. The van der Waals surface area contributed by atoms with E-state index in [1.54, 1.807) is 6.92 Å². The number of anilines is 1. The quantitative estimate of drug-likeness (QED) is 0.766. The highest BCUT2D eigenvalue weighted by molar-refractivity contribution is 7.19. The van der Waals surface area contributed by atoms with Gasteiger partial charge in [0.1, 0.15) is 10.4 Å². The van der Waals surface area contributed by atoms with Crippen molar-refractivity contribution < 1.29 is 19.1 Å². The summed E-state index contributed by atoms with van der Waals surface area (Å²) < 4.78 is 5.12. The van der Waals surface area contributed by atoms with Crippen molar-refractivity contribution in [1.82, 2.24) is 0 Å². The Hall–Kier alpha value is -2.20. The molecule has 0 aromatic carbocycles. The molecule has 26 heavy (non-hydrogen) atoms. The van der Waals surface area contributed by atoms with E-state index in [2.05, 4.69) is 11.4 Å². The van der Waals surface area contributed by atoms with Gasteiger partial charge >= 0.3 is 5.97 Å². The molecule has 0 bridgehead atoms. The van der Waals surface area contributed by atoms with Gasteiger partial charge in [0.05, 0.1) is 23.1 Å². The van der Waals surface area contributed by atoms with Crippen LogP contribution in [0.4, 0.5) is 5.00 Å². The minimum Gasteiger partial charge on any atom is -0.462 e. The van der Waals surface area contributed by atoms with Crippen molar-refractivity contribution in [3.05, 3.63) is 16.0 Å². The Balaban J connectivity index is 1.98. The number of amides is 1. The summed E-state index contributed by atoms with van der Waals surface area (Å²) in [6.07, 6.45) is 4.69. The number of carbonyl (C=O) groups is 3. The number of esters is 1. The number of nitrogens with one attached hydrogen (secondary N) is 1. The maximum atomic E-state index is 13.2. The van der Waals surface area contributed by atoms with Gasteiger partial charge < -0.3 is 10.1 Å². The van der Waals surface area contributed by atoms with E-state index in [4.69, 9.17) is 4.74 Å². The minimum atomic E-state index is -1.01. The zero-order valence-electron chi connectivity index (χ0n) is 15.0. The summed E-state index contributed by atoms with van der Waals surface area (Å²) in [6.45, 7) is 3.27. The number of rotatable bonds is 6. The van der Waals surface area contributed by atoms with Crippen molar-refractivity contribution >= 4 is 34.0 Å². The first-order chi connectivity index (χ1) is 12.4. The smallest absolute Gasteiger partial charge is 0.341 e. The maximum absolute atomic E-state index is 13.2. The van der Waals surface area contributed by atoms with Crippen LogP contribution in [0, 0.1) is 22.7 Å². The number of carbonyl (C=O) groups excluding carboxylic acids is 3. The topological polar surface area (TPSA) is 96.3 Å². The van der Waals surface area contributed by atoms with Gasteiger partial charge in [-0.2, -0.15) is 5.26 Å². The van der Waals surface area contributed by atoms with Gasteiger partial charge in [-0.25, -0.2) is 4.79 Å². The summed E-state index contributed by atoms with van der Waals surface area (Å²) in [5.74, 6) is -0.428. The number of ketones is 1. The summed E-state index contributed by atoms with van der Waals surface area (Å²) in [6, 6.07) is 2.27. The number of fused-ring (bicyclic) bond motifs is 1. The summed E-state index contributed by atoms with van der Waals surface area (Å²) in [7, 11) is 0. The molecule has 3 rings (SSSR count). The maximum Gasteiger partial charge on any atom is 0.341 e. The van der Waals surface area contributed by atoms with E-state index in [-0.39, 0.29) is 23.9 Å². The monoisotopic (exact) mass is 374 g/mol. The highest BCUT2D eigenvalue weighted by atomic mass is 32.1. The third kappa shape index (κ3) is 3.38. The van der Waals surface area contributed by atoms with Gasteiger partial charge in [0, 0.05) is 6.92 Å². The molecule has 2 aliphatic carbocycles. The number of ether oxygens (including phenoxy) is 1. The molecule has 1 amide bonds. The molecule has 1 aromatic rings. The van der Waals surface area contributed by atoms with E-state index in [0.717, 1.165) is 17.8 Å². The van der Waals surface area contributed by atoms with E-state index in [1.165, 1.54) is 19.8 Å². The number of hydrogen-bond acceptors (Lipinski definition) is 6. The molecular formula is C19H22N2O4S. The first-order valence-corrected chi connectivity index (χ1v) is 9.80. The van der Waals surface area contributed by atoms with Gasteiger partial charge in [-0.1, -0.05) is 12.8 Å². The average Bonchev–Trinajstić information content (AvgIpc) is 3.35. The standard InChI is InChI=1S/C19H22N2O4S/c1-3-25-18(24)14-13-7-9-19(10-20,8-6-12-4-5-12)16(23)15(13)26-17(14)21-11(2)22/h12H,3-9H2,1-2H3,(H,21,22). The van der Waals surface area contributed by atoms with Crippen LogP contribution >= 0.6 is 11.3 Å². The molecule has 138 valence electrons. The molecule has 2 aliphatic rings. The lowest BCUT2D eigenvalue weighted by Crippen LogP contribution is -2.34. The van der Waals surface area contributed by atoms with Crippen LogP contribution < -0.4 is 5.32 Å². The van der Waals surface area contributed by atoms with Gasteiger partial charge in [0.2, 0.25) is 5.91 Å². The zero-order chi connectivity index (χ0) is 18.9. The zero-order valence-corrected chi connectivity index (χ0v) is 15.8. The van der Waals surface area contributed by atoms with Crippen molar-refractivity contribution in [2.24, 2.45) is 11.3 Å². The van der Waals surface area contributed by atoms with Crippen LogP contribution in [0.1, 0.15) is 71.5 Å². The Bertz CT molecular complexity index is 803. The molecule has 1 atom stereocenters.